The van der Waals surface area contributed by atoms with Gasteiger partial charge in [-0.05, 0) is 25.5 Å². The van der Waals surface area contributed by atoms with Crippen molar-refractivity contribution in [1.82, 2.24) is 5.32 Å². The van der Waals surface area contributed by atoms with Crippen molar-refractivity contribution >= 4 is 23.5 Å². The fourth-order valence-corrected chi connectivity index (χ4v) is 2.59. The molecule has 2 aromatic rings. The summed E-state index contributed by atoms with van der Waals surface area (Å²) in [5.41, 5.74) is 1.77. The standard InChI is InChI=1S/C17H16N2O5/c1-10-2-4-12(5-3-10)19-7-6-13(16(19)21)18-15(20)14-8-11(9-24-14)17(22)23/h2-5,8-9,13H,6-7H2,1H3,(H,18,20)(H,22,23). The van der Waals surface area contributed by atoms with Gasteiger partial charge in [0.05, 0.1) is 5.56 Å². The van der Waals surface area contributed by atoms with E-state index < -0.39 is 17.9 Å². The first-order chi connectivity index (χ1) is 11.5. The number of nitrogens with one attached hydrogen (secondary N) is 1. The maximum Gasteiger partial charge on any atom is 0.338 e. The van der Waals surface area contributed by atoms with Gasteiger partial charge in [0, 0.05) is 18.3 Å². The van der Waals surface area contributed by atoms with Crippen LogP contribution in [0.2, 0.25) is 0 Å². The number of carbonyl (C=O) groups excluding carboxylic acids is 2. The number of aryl methyl sites for hydroxylation is 1. The van der Waals surface area contributed by atoms with E-state index in [1.807, 2.05) is 31.2 Å². The second-order valence-electron chi connectivity index (χ2n) is 5.64. The maximum atomic E-state index is 12.5. The van der Waals surface area contributed by atoms with Crippen LogP contribution in [-0.4, -0.2) is 35.5 Å². The van der Waals surface area contributed by atoms with Crippen LogP contribution in [0.5, 0.6) is 0 Å². The molecule has 1 aliphatic rings. The first-order valence-corrected chi connectivity index (χ1v) is 7.46. The molecule has 124 valence electrons. The van der Waals surface area contributed by atoms with Gasteiger partial charge in [0.2, 0.25) is 5.91 Å². The van der Waals surface area contributed by atoms with Crippen LogP contribution < -0.4 is 10.2 Å². The zero-order valence-corrected chi connectivity index (χ0v) is 13.0. The molecular formula is C17H16N2O5. The van der Waals surface area contributed by atoms with Gasteiger partial charge in [-0.3, -0.25) is 9.59 Å². The third-order valence-corrected chi connectivity index (χ3v) is 3.93. The number of carboxylic acids is 1. The third-order valence-electron chi connectivity index (χ3n) is 3.93. The molecule has 1 saturated heterocycles. The van der Waals surface area contributed by atoms with Crippen LogP contribution >= 0.6 is 0 Å². The van der Waals surface area contributed by atoms with Crippen molar-refractivity contribution < 1.29 is 23.9 Å². The summed E-state index contributed by atoms with van der Waals surface area (Å²) in [5.74, 6) is -2.11. The van der Waals surface area contributed by atoms with Gasteiger partial charge in [0.15, 0.2) is 5.76 Å². The Balaban J connectivity index is 1.67. The Kier molecular flexibility index (Phi) is 4.07. The normalized spacial score (nSPS) is 17.1. The zero-order chi connectivity index (χ0) is 17.3. The molecule has 1 aromatic heterocycles. The Bertz CT molecular complexity index is 794. The predicted molar refractivity (Wildman–Crippen MR) is 85.1 cm³/mol. The van der Waals surface area contributed by atoms with E-state index in [0.29, 0.717) is 13.0 Å². The molecule has 7 nitrogen and oxygen atoms in total. The first kappa shape index (κ1) is 15.8. The van der Waals surface area contributed by atoms with Crippen LogP contribution in [0, 0.1) is 6.92 Å². The minimum absolute atomic E-state index is 0.112. The number of benzene rings is 1. The van der Waals surface area contributed by atoms with Crippen molar-refractivity contribution in [1.29, 1.82) is 0 Å². The lowest BCUT2D eigenvalue weighted by atomic mass is 10.2. The molecule has 0 aliphatic carbocycles. The highest BCUT2D eigenvalue weighted by Crippen LogP contribution is 2.22. The van der Waals surface area contributed by atoms with E-state index >= 15 is 0 Å². The largest absolute Gasteiger partial charge is 0.478 e. The van der Waals surface area contributed by atoms with Crippen molar-refractivity contribution in [3.8, 4) is 0 Å². The van der Waals surface area contributed by atoms with Crippen LogP contribution in [0.4, 0.5) is 5.69 Å². The van der Waals surface area contributed by atoms with Crippen molar-refractivity contribution in [3.63, 3.8) is 0 Å². The van der Waals surface area contributed by atoms with E-state index in [0.717, 1.165) is 23.6 Å². The molecule has 1 atom stereocenters. The van der Waals surface area contributed by atoms with E-state index in [2.05, 4.69) is 5.32 Å². The molecule has 2 heterocycles. The third kappa shape index (κ3) is 3.01. The van der Waals surface area contributed by atoms with Gasteiger partial charge >= 0.3 is 5.97 Å². The predicted octanol–water partition coefficient (Wildman–Crippen LogP) is 1.82. The summed E-state index contributed by atoms with van der Waals surface area (Å²) in [6.45, 7) is 2.47. The summed E-state index contributed by atoms with van der Waals surface area (Å²) in [6.07, 6.45) is 1.47. The molecule has 0 spiro atoms. The number of rotatable bonds is 4. The second kappa shape index (κ2) is 6.19. The lowest BCUT2D eigenvalue weighted by molar-refractivity contribution is -0.118. The molecule has 0 radical (unpaired) electrons. The number of furan rings is 1. The number of carboxylic acid groups (broad SMARTS) is 1. The summed E-state index contributed by atoms with van der Waals surface area (Å²) in [7, 11) is 0. The van der Waals surface area contributed by atoms with Gasteiger partial charge in [-0.25, -0.2) is 4.79 Å². The molecule has 2 N–H and O–H groups in total. The second-order valence-corrected chi connectivity index (χ2v) is 5.64. The average Bonchev–Trinajstić information content (AvgIpc) is 3.17. The van der Waals surface area contributed by atoms with Crippen molar-refractivity contribution in [3.05, 3.63) is 53.5 Å². The summed E-state index contributed by atoms with van der Waals surface area (Å²) >= 11 is 0. The highest BCUT2D eigenvalue weighted by molar-refractivity contribution is 6.03. The molecule has 1 aliphatic heterocycles. The molecule has 7 heteroatoms. The molecule has 24 heavy (non-hydrogen) atoms. The Morgan fingerprint density at radius 3 is 2.62 bits per heavy atom. The Morgan fingerprint density at radius 1 is 1.29 bits per heavy atom. The van der Waals surface area contributed by atoms with Gasteiger partial charge in [0.25, 0.3) is 5.91 Å². The van der Waals surface area contributed by atoms with Crippen LogP contribution in [-0.2, 0) is 4.79 Å². The molecule has 3 rings (SSSR count). The quantitative estimate of drug-likeness (QED) is 0.892. The number of carbonyl (C=O) groups is 3. The van der Waals surface area contributed by atoms with Gasteiger partial charge in [-0.2, -0.15) is 0 Å². The molecule has 0 bridgehead atoms. The number of nitrogens with zero attached hydrogens (tertiary/aromatic N) is 1. The molecule has 1 fully saturated rings. The van der Waals surface area contributed by atoms with E-state index in [1.54, 1.807) is 4.90 Å². The van der Waals surface area contributed by atoms with Crippen molar-refractivity contribution in [2.45, 2.75) is 19.4 Å². The van der Waals surface area contributed by atoms with Crippen LogP contribution in [0.25, 0.3) is 0 Å². The summed E-state index contributed by atoms with van der Waals surface area (Å²) in [5, 5.41) is 11.4. The number of hydrogen-bond acceptors (Lipinski definition) is 4. The average molecular weight is 328 g/mol. The van der Waals surface area contributed by atoms with Crippen LogP contribution in [0.3, 0.4) is 0 Å². The van der Waals surface area contributed by atoms with Gasteiger partial charge in [0.1, 0.15) is 12.3 Å². The number of hydrogen-bond donors (Lipinski definition) is 2. The Morgan fingerprint density at radius 2 is 2.00 bits per heavy atom. The molecular weight excluding hydrogens is 312 g/mol. The van der Waals surface area contributed by atoms with Crippen LogP contribution in [0.15, 0.2) is 41.0 Å². The number of aromatic carboxylic acids is 1. The van der Waals surface area contributed by atoms with Gasteiger partial charge in [-0.15, -0.1) is 0 Å². The highest BCUT2D eigenvalue weighted by Gasteiger charge is 2.34. The van der Waals surface area contributed by atoms with E-state index in [4.69, 9.17) is 9.52 Å². The zero-order valence-electron chi connectivity index (χ0n) is 13.0. The minimum atomic E-state index is -1.18. The fraction of sp³-hybridized carbons (Fsp3) is 0.235. The Hall–Kier alpha value is -3.09. The van der Waals surface area contributed by atoms with Crippen LogP contribution in [0.1, 0.15) is 32.9 Å². The lowest BCUT2D eigenvalue weighted by Crippen LogP contribution is -2.41. The summed E-state index contributed by atoms with van der Waals surface area (Å²) in [4.78, 5) is 37.0. The van der Waals surface area contributed by atoms with Gasteiger partial charge in [-0.1, -0.05) is 17.7 Å². The fourth-order valence-electron chi connectivity index (χ4n) is 2.59. The van der Waals surface area contributed by atoms with E-state index in [-0.39, 0.29) is 17.2 Å². The Labute approximate surface area is 137 Å². The highest BCUT2D eigenvalue weighted by atomic mass is 16.4. The topological polar surface area (TPSA) is 99.8 Å². The van der Waals surface area contributed by atoms with E-state index in [9.17, 15) is 14.4 Å². The van der Waals surface area contributed by atoms with Crippen molar-refractivity contribution in [2.75, 3.05) is 11.4 Å². The SMILES string of the molecule is Cc1ccc(N2CCC(NC(=O)c3cc(C(=O)O)co3)C2=O)cc1. The molecule has 1 aromatic carbocycles. The molecule has 1 unspecified atom stereocenters. The smallest absolute Gasteiger partial charge is 0.338 e. The maximum absolute atomic E-state index is 12.5. The van der Waals surface area contributed by atoms with Gasteiger partial charge < -0.3 is 19.7 Å². The first-order valence-electron chi connectivity index (χ1n) is 7.46. The van der Waals surface area contributed by atoms with Crippen molar-refractivity contribution in [2.24, 2.45) is 0 Å². The summed E-state index contributed by atoms with van der Waals surface area (Å²) < 4.78 is 4.94. The molecule has 0 saturated carbocycles. The monoisotopic (exact) mass is 328 g/mol. The number of amides is 2. The lowest BCUT2D eigenvalue weighted by Gasteiger charge is -2.17. The summed E-state index contributed by atoms with van der Waals surface area (Å²) in [6, 6.07) is 8.05. The van der Waals surface area contributed by atoms with E-state index in [1.165, 1.54) is 0 Å². The number of anilines is 1. The minimum Gasteiger partial charge on any atom is -0.478 e. The molecule has 2 amide bonds.